The van der Waals surface area contributed by atoms with Crippen molar-refractivity contribution in [2.24, 2.45) is 0 Å². The quantitative estimate of drug-likeness (QED) is 0.915. The second kappa shape index (κ2) is 6.51. The normalized spacial score (nSPS) is 19.0. The molecule has 1 aliphatic rings. The lowest BCUT2D eigenvalue weighted by Crippen LogP contribution is -2.50. The fourth-order valence-corrected chi connectivity index (χ4v) is 3.37. The van der Waals surface area contributed by atoms with Crippen LogP contribution in [0, 0.1) is 0 Å². The molecule has 1 N–H and O–H groups in total. The minimum absolute atomic E-state index is 0.232. The number of carboxylic acid groups (broad SMARTS) is 1. The van der Waals surface area contributed by atoms with Gasteiger partial charge in [-0.15, -0.1) is 0 Å². The number of carbonyl (C=O) groups is 2. The Labute approximate surface area is 128 Å². The van der Waals surface area contributed by atoms with Crippen LogP contribution in [-0.2, 0) is 11.3 Å². The number of nitrogens with zero attached hydrogens (tertiary/aromatic N) is 3. The number of hydrogen-bond donors (Lipinski definition) is 1. The summed E-state index contributed by atoms with van der Waals surface area (Å²) < 4.78 is 1.67. The summed E-state index contributed by atoms with van der Waals surface area (Å²) in [6.45, 7) is 7.03. The van der Waals surface area contributed by atoms with Crippen molar-refractivity contribution in [2.45, 2.75) is 39.3 Å². The van der Waals surface area contributed by atoms with E-state index in [2.05, 4.69) is 5.10 Å². The van der Waals surface area contributed by atoms with E-state index in [1.807, 2.05) is 20.8 Å². The molecule has 2 rings (SSSR count). The van der Waals surface area contributed by atoms with E-state index in [1.54, 1.807) is 22.5 Å². The van der Waals surface area contributed by atoms with Crippen LogP contribution in [0.15, 0.2) is 6.07 Å². The highest BCUT2D eigenvalue weighted by Gasteiger charge is 2.34. The standard InChI is InChI=1S/C14H21N3O3S/c1-4-17-11(7-10(15-17)9(2)3)13(18)16-5-6-21-8-12(16)14(19)20/h7,9,12H,4-6,8H2,1-3H3,(H,19,20). The molecule has 0 saturated carbocycles. The van der Waals surface area contributed by atoms with Crippen molar-refractivity contribution in [1.82, 2.24) is 14.7 Å². The number of carboxylic acids is 1. The van der Waals surface area contributed by atoms with E-state index >= 15 is 0 Å². The summed E-state index contributed by atoms with van der Waals surface area (Å²) in [4.78, 5) is 25.5. The first-order valence-electron chi connectivity index (χ1n) is 7.15. The van der Waals surface area contributed by atoms with Crippen LogP contribution in [0.5, 0.6) is 0 Å². The zero-order valence-corrected chi connectivity index (χ0v) is 13.4. The molecule has 116 valence electrons. The average Bonchev–Trinajstić information content (AvgIpc) is 2.90. The van der Waals surface area contributed by atoms with E-state index in [0.29, 0.717) is 24.5 Å². The minimum atomic E-state index is -0.942. The highest BCUT2D eigenvalue weighted by Crippen LogP contribution is 2.21. The van der Waals surface area contributed by atoms with Gasteiger partial charge in [0.15, 0.2) is 0 Å². The summed E-state index contributed by atoms with van der Waals surface area (Å²) in [6, 6.07) is 1.04. The molecule has 0 aliphatic carbocycles. The van der Waals surface area contributed by atoms with Gasteiger partial charge in [-0.3, -0.25) is 9.48 Å². The maximum absolute atomic E-state index is 12.7. The number of rotatable bonds is 4. The highest BCUT2D eigenvalue weighted by molar-refractivity contribution is 7.99. The molecule has 7 heteroatoms. The van der Waals surface area contributed by atoms with E-state index in [4.69, 9.17) is 0 Å². The average molecular weight is 311 g/mol. The number of amides is 1. The minimum Gasteiger partial charge on any atom is -0.480 e. The third kappa shape index (κ3) is 3.23. The van der Waals surface area contributed by atoms with Crippen molar-refractivity contribution >= 4 is 23.6 Å². The van der Waals surface area contributed by atoms with Crippen molar-refractivity contribution in [1.29, 1.82) is 0 Å². The molecule has 0 radical (unpaired) electrons. The predicted molar refractivity (Wildman–Crippen MR) is 81.8 cm³/mol. The lowest BCUT2D eigenvalue weighted by molar-refractivity contribution is -0.141. The van der Waals surface area contributed by atoms with Gasteiger partial charge >= 0.3 is 5.97 Å². The van der Waals surface area contributed by atoms with Gasteiger partial charge in [-0.2, -0.15) is 16.9 Å². The van der Waals surface area contributed by atoms with Crippen molar-refractivity contribution in [3.8, 4) is 0 Å². The Hall–Kier alpha value is -1.50. The van der Waals surface area contributed by atoms with Crippen LogP contribution >= 0.6 is 11.8 Å². The first-order chi connectivity index (χ1) is 9.95. The van der Waals surface area contributed by atoms with Crippen LogP contribution in [0.25, 0.3) is 0 Å². The van der Waals surface area contributed by atoms with Crippen LogP contribution < -0.4 is 0 Å². The van der Waals surface area contributed by atoms with Gasteiger partial charge in [0.2, 0.25) is 0 Å². The summed E-state index contributed by atoms with van der Waals surface area (Å²) >= 11 is 1.57. The molecule has 1 aromatic heterocycles. The third-order valence-electron chi connectivity index (χ3n) is 3.58. The van der Waals surface area contributed by atoms with Crippen LogP contribution in [0.4, 0.5) is 0 Å². The molecule has 0 spiro atoms. The van der Waals surface area contributed by atoms with Gasteiger partial charge in [-0.1, -0.05) is 13.8 Å². The lowest BCUT2D eigenvalue weighted by atomic mass is 10.1. The number of aromatic nitrogens is 2. The molecule has 0 bridgehead atoms. The molecule has 21 heavy (non-hydrogen) atoms. The number of carbonyl (C=O) groups excluding carboxylic acids is 1. The molecule has 1 aromatic rings. The Bertz CT molecular complexity index is 542. The van der Waals surface area contributed by atoms with Gasteiger partial charge in [0.25, 0.3) is 5.91 Å². The largest absolute Gasteiger partial charge is 0.480 e. The van der Waals surface area contributed by atoms with Gasteiger partial charge in [0, 0.05) is 24.6 Å². The van der Waals surface area contributed by atoms with Gasteiger partial charge in [0.1, 0.15) is 11.7 Å². The summed E-state index contributed by atoms with van der Waals surface area (Å²) in [5, 5.41) is 13.7. The van der Waals surface area contributed by atoms with Crippen molar-refractivity contribution < 1.29 is 14.7 Å². The number of thioether (sulfide) groups is 1. The number of aryl methyl sites for hydroxylation is 1. The highest BCUT2D eigenvalue weighted by atomic mass is 32.2. The fourth-order valence-electron chi connectivity index (χ4n) is 2.33. The molecule has 6 nitrogen and oxygen atoms in total. The van der Waals surface area contributed by atoms with E-state index in [-0.39, 0.29) is 11.8 Å². The smallest absolute Gasteiger partial charge is 0.327 e. The first kappa shape index (κ1) is 15.9. The first-order valence-corrected chi connectivity index (χ1v) is 8.30. The van der Waals surface area contributed by atoms with Crippen LogP contribution in [-0.4, -0.2) is 55.8 Å². The number of aliphatic carboxylic acids is 1. The zero-order valence-electron chi connectivity index (χ0n) is 12.6. The summed E-state index contributed by atoms with van der Waals surface area (Å²) in [5.41, 5.74) is 1.35. The van der Waals surface area contributed by atoms with Gasteiger partial charge in [-0.25, -0.2) is 4.79 Å². The summed E-state index contributed by atoms with van der Waals surface area (Å²) in [7, 11) is 0. The number of hydrogen-bond acceptors (Lipinski definition) is 4. The zero-order chi connectivity index (χ0) is 15.6. The Balaban J connectivity index is 2.31. The van der Waals surface area contributed by atoms with Crippen molar-refractivity contribution in [3.63, 3.8) is 0 Å². The molecule has 1 saturated heterocycles. The molecule has 1 fully saturated rings. The maximum Gasteiger partial charge on any atom is 0.327 e. The molecular formula is C14H21N3O3S. The molecule has 1 atom stereocenters. The van der Waals surface area contributed by atoms with Crippen molar-refractivity contribution in [3.05, 3.63) is 17.5 Å². The Morgan fingerprint density at radius 1 is 1.52 bits per heavy atom. The van der Waals surface area contributed by atoms with Gasteiger partial charge in [0.05, 0.1) is 5.69 Å². The summed E-state index contributed by atoms with van der Waals surface area (Å²) in [6.07, 6.45) is 0. The topological polar surface area (TPSA) is 75.4 Å². The summed E-state index contributed by atoms with van der Waals surface area (Å²) in [5.74, 6) is 0.272. The van der Waals surface area contributed by atoms with E-state index < -0.39 is 12.0 Å². The Kier molecular flexibility index (Phi) is 4.92. The molecular weight excluding hydrogens is 290 g/mol. The van der Waals surface area contributed by atoms with Crippen molar-refractivity contribution in [2.75, 3.05) is 18.1 Å². The van der Waals surface area contributed by atoms with Gasteiger partial charge < -0.3 is 10.0 Å². The van der Waals surface area contributed by atoms with Crippen LogP contribution in [0.3, 0.4) is 0 Å². The Morgan fingerprint density at radius 2 is 2.24 bits per heavy atom. The molecule has 1 amide bonds. The van der Waals surface area contributed by atoms with Crippen LogP contribution in [0.2, 0.25) is 0 Å². The van der Waals surface area contributed by atoms with Gasteiger partial charge in [-0.05, 0) is 18.9 Å². The maximum atomic E-state index is 12.7. The van der Waals surface area contributed by atoms with E-state index in [0.717, 1.165) is 11.4 Å². The van der Waals surface area contributed by atoms with E-state index in [1.165, 1.54) is 4.90 Å². The SMILES string of the molecule is CCn1nc(C(C)C)cc1C(=O)N1CCSCC1C(=O)O. The molecule has 0 aromatic carbocycles. The Morgan fingerprint density at radius 3 is 2.81 bits per heavy atom. The molecule has 1 aliphatic heterocycles. The predicted octanol–water partition coefficient (Wildman–Crippen LogP) is 1.67. The second-order valence-electron chi connectivity index (χ2n) is 5.35. The monoisotopic (exact) mass is 311 g/mol. The van der Waals surface area contributed by atoms with Crippen LogP contribution in [0.1, 0.15) is 42.9 Å². The molecule has 1 unspecified atom stereocenters. The lowest BCUT2D eigenvalue weighted by Gasteiger charge is -2.32. The fraction of sp³-hybridized carbons (Fsp3) is 0.643. The second-order valence-corrected chi connectivity index (χ2v) is 6.50. The van der Waals surface area contributed by atoms with E-state index in [9.17, 15) is 14.7 Å². The third-order valence-corrected chi connectivity index (χ3v) is 4.61. The molecule has 2 heterocycles.